The van der Waals surface area contributed by atoms with E-state index >= 15 is 0 Å². The molecule has 0 bridgehead atoms. The molecule has 0 spiro atoms. The highest BCUT2D eigenvalue weighted by atomic mass is 16.3. The van der Waals surface area contributed by atoms with E-state index in [1.54, 1.807) is 6.20 Å². The Labute approximate surface area is 136 Å². The Morgan fingerprint density at radius 2 is 2.13 bits per heavy atom. The molecule has 0 radical (unpaired) electrons. The number of aliphatic hydroxyl groups excluding tert-OH is 1. The summed E-state index contributed by atoms with van der Waals surface area (Å²) in [5.41, 5.74) is 2.85. The lowest BCUT2D eigenvalue weighted by molar-refractivity contribution is 0.0780. The highest BCUT2D eigenvalue weighted by Gasteiger charge is 2.28. The van der Waals surface area contributed by atoms with E-state index in [9.17, 15) is 9.90 Å². The van der Waals surface area contributed by atoms with Gasteiger partial charge in [-0.25, -0.2) is 0 Å². The number of hydrogen-bond donors (Lipinski definition) is 1. The van der Waals surface area contributed by atoms with E-state index < -0.39 is 0 Å². The van der Waals surface area contributed by atoms with Gasteiger partial charge in [0.1, 0.15) is 0 Å². The van der Waals surface area contributed by atoms with Crippen molar-refractivity contribution in [3.05, 3.63) is 53.3 Å². The monoisotopic (exact) mass is 313 g/mol. The molecule has 1 saturated heterocycles. The van der Waals surface area contributed by atoms with Gasteiger partial charge in [0.05, 0.1) is 24.0 Å². The molecule has 0 saturated carbocycles. The van der Waals surface area contributed by atoms with E-state index in [4.69, 9.17) is 0 Å². The van der Waals surface area contributed by atoms with Crippen molar-refractivity contribution in [2.45, 2.75) is 26.3 Å². The highest BCUT2D eigenvalue weighted by molar-refractivity contribution is 5.95. The summed E-state index contributed by atoms with van der Waals surface area (Å²) < 4.78 is 1.92. The lowest BCUT2D eigenvalue weighted by Crippen LogP contribution is -2.29. The molecule has 1 unspecified atom stereocenters. The Kier molecular flexibility index (Phi) is 4.76. The molecule has 23 heavy (non-hydrogen) atoms. The molecule has 1 aliphatic heterocycles. The molecular weight excluding hydrogens is 290 g/mol. The minimum Gasteiger partial charge on any atom is -0.396 e. The second-order valence-electron chi connectivity index (χ2n) is 6.09. The van der Waals surface area contributed by atoms with Crippen molar-refractivity contribution < 1.29 is 9.90 Å². The summed E-state index contributed by atoms with van der Waals surface area (Å²) in [4.78, 5) is 14.6. The third kappa shape index (κ3) is 3.29. The first-order valence-electron chi connectivity index (χ1n) is 8.21. The maximum absolute atomic E-state index is 12.7. The summed E-state index contributed by atoms with van der Waals surface area (Å²) in [5.74, 6) is 0.250. The summed E-state index contributed by atoms with van der Waals surface area (Å²) >= 11 is 0. The third-order valence-corrected chi connectivity index (χ3v) is 4.52. The third-order valence-electron chi connectivity index (χ3n) is 4.52. The first kappa shape index (κ1) is 15.7. The minimum absolute atomic E-state index is 0.0390. The number of likely N-dealkylation sites (tertiary alicyclic amines) is 1. The van der Waals surface area contributed by atoms with Crippen LogP contribution in [0.4, 0.5) is 0 Å². The van der Waals surface area contributed by atoms with E-state index in [1.807, 2.05) is 27.8 Å². The molecule has 1 N–H and O–H groups in total. The number of aliphatic hydroxyl groups is 1. The number of amides is 1. The van der Waals surface area contributed by atoms with Crippen molar-refractivity contribution >= 4 is 5.91 Å². The lowest BCUT2D eigenvalue weighted by atomic mass is 10.1. The second-order valence-corrected chi connectivity index (χ2v) is 6.09. The fourth-order valence-electron chi connectivity index (χ4n) is 3.19. The van der Waals surface area contributed by atoms with Crippen LogP contribution in [0.1, 0.15) is 35.0 Å². The Balaban J connectivity index is 1.79. The maximum Gasteiger partial charge on any atom is 0.257 e. The van der Waals surface area contributed by atoms with Gasteiger partial charge in [-0.3, -0.25) is 9.48 Å². The summed E-state index contributed by atoms with van der Waals surface area (Å²) in [5, 5.41) is 13.7. The van der Waals surface area contributed by atoms with Gasteiger partial charge in [0.15, 0.2) is 0 Å². The van der Waals surface area contributed by atoms with Crippen molar-refractivity contribution in [3.63, 3.8) is 0 Å². The molecule has 122 valence electrons. The second kappa shape index (κ2) is 6.96. The lowest BCUT2D eigenvalue weighted by Gasteiger charge is -2.16. The van der Waals surface area contributed by atoms with Crippen LogP contribution in [0.2, 0.25) is 0 Å². The Morgan fingerprint density at radius 1 is 1.35 bits per heavy atom. The van der Waals surface area contributed by atoms with Crippen LogP contribution in [0.25, 0.3) is 0 Å². The van der Waals surface area contributed by atoms with Gasteiger partial charge in [-0.05, 0) is 18.4 Å². The summed E-state index contributed by atoms with van der Waals surface area (Å²) in [6.45, 7) is 4.24. The quantitative estimate of drug-likeness (QED) is 0.918. The van der Waals surface area contributed by atoms with Gasteiger partial charge in [-0.2, -0.15) is 5.10 Å². The van der Waals surface area contributed by atoms with Crippen LogP contribution in [0.5, 0.6) is 0 Å². The number of hydrogen-bond acceptors (Lipinski definition) is 3. The summed E-state index contributed by atoms with van der Waals surface area (Å²) in [7, 11) is 0. The number of carbonyl (C=O) groups excluding carboxylic acids is 1. The highest BCUT2D eigenvalue weighted by Crippen LogP contribution is 2.20. The maximum atomic E-state index is 12.7. The van der Waals surface area contributed by atoms with E-state index in [0.29, 0.717) is 18.7 Å². The molecule has 1 fully saturated rings. The molecule has 1 aliphatic rings. The smallest absolute Gasteiger partial charge is 0.257 e. The van der Waals surface area contributed by atoms with Gasteiger partial charge >= 0.3 is 0 Å². The number of benzene rings is 1. The Morgan fingerprint density at radius 3 is 2.78 bits per heavy atom. The van der Waals surface area contributed by atoms with Gasteiger partial charge < -0.3 is 10.0 Å². The van der Waals surface area contributed by atoms with Gasteiger partial charge in [0.2, 0.25) is 0 Å². The van der Waals surface area contributed by atoms with Crippen LogP contribution >= 0.6 is 0 Å². The van der Waals surface area contributed by atoms with E-state index in [-0.39, 0.29) is 18.4 Å². The van der Waals surface area contributed by atoms with Gasteiger partial charge in [-0.15, -0.1) is 0 Å². The molecule has 0 aliphatic carbocycles. The number of carbonyl (C=O) groups is 1. The van der Waals surface area contributed by atoms with Gasteiger partial charge in [0, 0.05) is 25.6 Å². The molecule has 1 atom stereocenters. The first-order valence-corrected chi connectivity index (χ1v) is 8.21. The van der Waals surface area contributed by atoms with Crippen LogP contribution in [0.15, 0.2) is 36.5 Å². The molecule has 3 rings (SSSR count). The fraction of sp³-hybridized carbons (Fsp3) is 0.444. The molecule has 5 nitrogen and oxygen atoms in total. The normalized spacial score (nSPS) is 17.7. The van der Waals surface area contributed by atoms with Crippen molar-refractivity contribution in [1.82, 2.24) is 14.7 Å². The molecule has 2 aromatic rings. The number of aromatic nitrogens is 2. The first-order chi connectivity index (χ1) is 11.2. The van der Waals surface area contributed by atoms with Crippen LogP contribution in [0, 0.1) is 5.92 Å². The average molecular weight is 313 g/mol. The Hall–Kier alpha value is -2.14. The largest absolute Gasteiger partial charge is 0.396 e. The van der Waals surface area contributed by atoms with Gasteiger partial charge in [-0.1, -0.05) is 37.3 Å². The standard InChI is InChI=1S/C18H23N3O2/c1-2-17-16(18(23)20-9-8-15(11-20)13-22)10-19-21(17)12-14-6-4-3-5-7-14/h3-7,10,15,22H,2,8-9,11-13H2,1H3. The van der Waals surface area contributed by atoms with Gasteiger partial charge in [0.25, 0.3) is 5.91 Å². The Bertz CT molecular complexity index is 666. The number of nitrogens with zero attached hydrogens (tertiary/aromatic N) is 3. The predicted molar refractivity (Wildman–Crippen MR) is 88.2 cm³/mol. The molecule has 1 amide bonds. The fourth-order valence-corrected chi connectivity index (χ4v) is 3.19. The van der Waals surface area contributed by atoms with Crippen LogP contribution in [-0.4, -0.2) is 45.4 Å². The van der Waals surface area contributed by atoms with Crippen LogP contribution in [0.3, 0.4) is 0 Å². The zero-order valence-corrected chi connectivity index (χ0v) is 13.5. The molecule has 1 aromatic heterocycles. The van der Waals surface area contributed by atoms with Crippen LogP contribution in [-0.2, 0) is 13.0 Å². The topological polar surface area (TPSA) is 58.4 Å². The molecule has 5 heteroatoms. The average Bonchev–Trinajstić information content (AvgIpc) is 3.21. The van der Waals surface area contributed by atoms with E-state index in [1.165, 1.54) is 5.56 Å². The number of rotatable bonds is 5. The van der Waals surface area contributed by atoms with E-state index in [0.717, 1.165) is 25.1 Å². The van der Waals surface area contributed by atoms with Crippen molar-refractivity contribution in [2.75, 3.05) is 19.7 Å². The zero-order chi connectivity index (χ0) is 16.2. The van der Waals surface area contributed by atoms with Crippen molar-refractivity contribution in [3.8, 4) is 0 Å². The molecule has 1 aromatic carbocycles. The summed E-state index contributed by atoms with van der Waals surface area (Å²) in [6.07, 6.45) is 3.34. The minimum atomic E-state index is 0.0390. The van der Waals surface area contributed by atoms with Crippen molar-refractivity contribution in [2.24, 2.45) is 5.92 Å². The molecule has 2 heterocycles. The van der Waals surface area contributed by atoms with Crippen LogP contribution < -0.4 is 0 Å². The SMILES string of the molecule is CCc1c(C(=O)N2CCC(CO)C2)cnn1Cc1ccccc1. The zero-order valence-electron chi connectivity index (χ0n) is 13.5. The predicted octanol–water partition coefficient (Wildman–Crippen LogP) is 1.95. The molecular formula is C18H23N3O2. The van der Waals surface area contributed by atoms with E-state index in [2.05, 4.69) is 24.2 Å². The summed E-state index contributed by atoms with van der Waals surface area (Å²) in [6, 6.07) is 10.1. The van der Waals surface area contributed by atoms with Crippen molar-refractivity contribution in [1.29, 1.82) is 0 Å².